The van der Waals surface area contributed by atoms with E-state index in [-0.39, 0.29) is 31.1 Å². The van der Waals surface area contributed by atoms with Gasteiger partial charge >= 0.3 is 17.9 Å². The molecular formula is C48H92O6. The quantitative estimate of drug-likeness (QED) is 0.0349. The van der Waals surface area contributed by atoms with E-state index in [4.69, 9.17) is 14.2 Å². The SMILES string of the molecule is CCCCCCCCCCCCC(=O)OC[C@@H](COC(=O)CCCCCCCCCCCCCCCCC(C)C)OC(=O)CCCCCCCCCCC. The van der Waals surface area contributed by atoms with Crippen LogP contribution in [0, 0.1) is 5.92 Å². The number of carbonyl (C=O) groups is 3. The highest BCUT2D eigenvalue weighted by molar-refractivity contribution is 5.71. The fourth-order valence-electron chi connectivity index (χ4n) is 7.16. The van der Waals surface area contributed by atoms with E-state index >= 15 is 0 Å². The highest BCUT2D eigenvalue weighted by Gasteiger charge is 2.19. The van der Waals surface area contributed by atoms with Gasteiger partial charge < -0.3 is 14.2 Å². The topological polar surface area (TPSA) is 78.9 Å². The standard InChI is InChI=1S/C48H92O6/c1-5-7-9-11-13-15-24-27-31-35-39-46(49)52-42-45(54-48(51)41-37-33-29-22-14-12-10-8-6-2)43-53-47(50)40-36-32-28-25-21-19-17-16-18-20-23-26-30-34-38-44(3)4/h44-45H,5-43H2,1-4H3/t45-/m0/s1. The van der Waals surface area contributed by atoms with Crippen molar-refractivity contribution in [2.45, 2.75) is 271 Å². The van der Waals surface area contributed by atoms with Crippen molar-refractivity contribution in [2.75, 3.05) is 13.2 Å². The molecule has 0 saturated heterocycles. The van der Waals surface area contributed by atoms with E-state index in [0.29, 0.717) is 19.3 Å². The molecule has 0 aliphatic rings. The fourth-order valence-corrected chi connectivity index (χ4v) is 7.16. The molecule has 0 spiro atoms. The first-order valence-corrected chi connectivity index (χ1v) is 23.9. The summed E-state index contributed by atoms with van der Waals surface area (Å²) in [6.07, 6.45) is 42.3. The van der Waals surface area contributed by atoms with Crippen molar-refractivity contribution in [3.05, 3.63) is 0 Å². The number of esters is 3. The van der Waals surface area contributed by atoms with E-state index in [0.717, 1.165) is 63.7 Å². The second-order valence-electron chi connectivity index (χ2n) is 16.9. The van der Waals surface area contributed by atoms with Crippen LogP contribution in [0.2, 0.25) is 0 Å². The Morgan fingerprint density at radius 2 is 0.611 bits per heavy atom. The van der Waals surface area contributed by atoms with Gasteiger partial charge in [0.1, 0.15) is 13.2 Å². The summed E-state index contributed by atoms with van der Waals surface area (Å²) in [5.74, 6) is -0.00950. The lowest BCUT2D eigenvalue weighted by atomic mass is 10.0. The molecule has 0 amide bonds. The highest BCUT2D eigenvalue weighted by Crippen LogP contribution is 2.16. The molecule has 0 aromatic rings. The van der Waals surface area contributed by atoms with Crippen molar-refractivity contribution >= 4 is 17.9 Å². The molecule has 6 heteroatoms. The molecule has 0 fully saturated rings. The summed E-state index contributed by atoms with van der Waals surface area (Å²) in [6, 6.07) is 0. The van der Waals surface area contributed by atoms with Crippen LogP contribution >= 0.6 is 0 Å². The van der Waals surface area contributed by atoms with E-state index in [9.17, 15) is 14.4 Å². The Labute approximate surface area is 336 Å². The molecule has 54 heavy (non-hydrogen) atoms. The van der Waals surface area contributed by atoms with Crippen LogP contribution in [-0.4, -0.2) is 37.2 Å². The highest BCUT2D eigenvalue weighted by atomic mass is 16.6. The molecule has 0 heterocycles. The third kappa shape index (κ3) is 41.6. The Hall–Kier alpha value is -1.59. The molecule has 0 rings (SSSR count). The van der Waals surface area contributed by atoms with Gasteiger partial charge in [-0.05, 0) is 25.2 Å². The van der Waals surface area contributed by atoms with Gasteiger partial charge in [0.15, 0.2) is 6.10 Å². The minimum atomic E-state index is -0.758. The van der Waals surface area contributed by atoms with Crippen LogP contribution in [-0.2, 0) is 28.6 Å². The normalized spacial score (nSPS) is 11.9. The van der Waals surface area contributed by atoms with E-state index in [1.165, 1.54) is 161 Å². The van der Waals surface area contributed by atoms with Crippen molar-refractivity contribution in [3.8, 4) is 0 Å². The maximum Gasteiger partial charge on any atom is 0.306 e. The monoisotopic (exact) mass is 765 g/mol. The van der Waals surface area contributed by atoms with Gasteiger partial charge in [0.05, 0.1) is 0 Å². The third-order valence-corrected chi connectivity index (χ3v) is 10.8. The zero-order valence-electron chi connectivity index (χ0n) is 36.7. The maximum absolute atomic E-state index is 12.7. The Kier molecular flexibility index (Phi) is 41.3. The van der Waals surface area contributed by atoms with Crippen LogP contribution in [0.4, 0.5) is 0 Å². The Bertz CT molecular complexity index is 811. The number of carbonyl (C=O) groups excluding carboxylic acids is 3. The van der Waals surface area contributed by atoms with Crippen LogP contribution in [0.1, 0.15) is 265 Å². The van der Waals surface area contributed by atoms with Crippen molar-refractivity contribution in [1.29, 1.82) is 0 Å². The Morgan fingerprint density at radius 3 is 0.907 bits per heavy atom. The van der Waals surface area contributed by atoms with Gasteiger partial charge in [0, 0.05) is 19.3 Å². The number of hydrogen-bond acceptors (Lipinski definition) is 6. The average Bonchev–Trinajstić information content (AvgIpc) is 3.15. The molecule has 0 N–H and O–H groups in total. The molecule has 6 nitrogen and oxygen atoms in total. The second-order valence-corrected chi connectivity index (χ2v) is 16.9. The fraction of sp³-hybridized carbons (Fsp3) is 0.938. The zero-order chi connectivity index (χ0) is 39.6. The molecule has 0 radical (unpaired) electrons. The van der Waals surface area contributed by atoms with Crippen LogP contribution in [0.15, 0.2) is 0 Å². The lowest BCUT2D eigenvalue weighted by Gasteiger charge is -2.18. The summed E-state index contributed by atoms with van der Waals surface area (Å²) >= 11 is 0. The zero-order valence-corrected chi connectivity index (χ0v) is 36.7. The molecule has 0 bridgehead atoms. The largest absolute Gasteiger partial charge is 0.462 e. The van der Waals surface area contributed by atoms with Gasteiger partial charge in [0.25, 0.3) is 0 Å². The van der Waals surface area contributed by atoms with Gasteiger partial charge in [-0.2, -0.15) is 0 Å². The van der Waals surface area contributed by atoms with Crippen LogP contribution < -0.4 is 0 Å². The molecule has 0 unspecified atom stereocenters. The van der Waals surface area contributed by atoms with Gasteiger partial charge in [-0.25, -0.2) is 0 Å². The first kappa shape index (κ1) is 52.4. The molecule has 320 valence electrons. The van der Waals surface area contributed by atoms with Crippen molar-refractivity contribution in [1.82, 2.24) is 0 Å². The molecule has 0 aliphatic heterocycles. The molecule has 1 atom stereocenters. The average molecular weight is 765 g/mol. The number of unbranched alkanes of at least 4 members (excludes halogenated alkanes) is 30. The van der Waals surface area contributed by atoms with E-state index in [1.54, 1.807) is 0 Å². The van der Waals surface area contributed by atoms with E-state index in [2.05, 4.69) is 27.7 Å². The summed E-state index contributed by atoms with van der Waals surface area (Å²) in [5, 5.41) is 0. The predicted molar refractivity (Wildman–Crippen MR) is 229 cm³/mol. The third-order valence-electron chi connectivity index (χ3n) is 10.8. The van der Waals surface area contributed by atoms with Crippen molar-refractivity contribution < 1.29 is 28.6 Å². The van der Waals surface area contributed by atoms with Crippen LogP contribution in [0.25, 0.3) is 0 Å². The van der Waals surface area contributed by atoms with E-state index in [1.807, 2.05) is 0 Å². The van der Waals surface area contributed by atoms with Crippen molar-refractivity contribution in [3.63, 3.8) is 0 Å². The number of hydrogen-bond donors (Lipinski definition) is 0. The van der Waals surface area contributed by atoms with Gasteiger partial charge in [-0.15, -0.1) is 0 Å². The van der Waals surface area contributed by atoms with Gasteiger partial charge in [0.2, 0.25) is 0 Å². The molecule has 0 aromatic heterocycles. The van der Waals surface area contributed by atoms with Crippen molar-refractivity contribution in [2.24, 2.45) is 5.92 Å². The summed E-state index contributed by atoms with van der Waals surface area (Å²) in [6.45, 7) is 8.99. The summed E-state index contributed by atoms with van der Waals surface area (Å²) in [4.78, 5) is 37.7. The van der Waals surface area contributed by atoms with Crippen LogP contribution in [0.5, 0.6) is 0 Å². The first-order valence-electron chi connectivity index (χ1n) is 23.9. The summed E-state index contributed by atoms with van der Waals surface area (Å²) < 4.78 is 16.7. The molecule has 0 saturated carbocycles. The van der Waals surface area contributed by atoms with Crippen LogP contribution in [0.3, 0.4) is 0 Å². The lowest BCUT2D eigenvalue weighted by molar-refractivity contribution is -0.167. The van der Waals surface area contributed by atoms with E-state index < -0.39 is 6.10 Å². The molecule has 0 aromatic carbocycles. The predicted octanol–water partition coefficient (Wildman–Crippen LogP) is 15.1. The number of ether oxygens (including phenoxy) is 3. The van der Waals surface area contributed by atoms with Gasteiger partial charge in [-0.1, -0.05) is 227 Å². The van der Waals surface area contributed by atoms with Gasteiger partial charge in [-0.3, -0.25) is 14.4 Å². The maximum atomic E-state index is 12.7. The minimum Gasteiger partial charge on any atom is -0.462 e. The lowest BCUT2D eigenvalue weighted by Crippen LogP contribution is -2.30. The smallest absolute Gasteiger partial charge is 0.306 e. The Morgan fingerprint density at radius 1 is 0.352 bits per heavy atom. The molecular weight excluding hydrogens is 673 g/mol. The summed E-state index contributed by atoms with van der Waals surface area (Å²) in [7, 11) is 0. The molecule has 0 aliphatic carbocycles. The number of rotatable bonds is 43. The summed E-state index contributed by atoms with van der Waals surface area (Å²) in [5.41, 5.74) is 0. The minimum absolute atomic E-state index is 0.0635. The first-order chi connectivity index (χ1) is 26.4. The Balaban J connectivity index is 4.22. The second kappa shape index (κ2) is 42.6.